The van der Waals surface area contributed by atoms with Gasteiger partial charge < -0.3 is 5.11 Å². The number of aliphatic carboxylic acids is 1. The molecule has 0 heterocycles. The summed E-state index contributed by atoms with van der Waals surface area (Å²) in [5.74, 6) is -0.311. The van der Waals surface area contributed by atoms with E-state index in [0.717, 1.165) is 12.1 Å². The zero-order chi connectivity index (χ0) is 12.8. The van der Waals surface area contributed by atoms with Crippen molar-refractivity contribution in [2.45, 2.75) is 26.8 Å². The summed E-state index contributed by atoms with van der Waals surface area (Å²) < 4.78 is 0. The highest BCUT2D eigenvalue weighted by molar-refractivity contribution is 5.69. The van der Waals surface area contributed by atoms with Crippen molar-refractivity contribution >= 4 is 5.97 Å². The number of rotatable bonds is 6. The number of hydrogen-bond donors (Lipinski definition) is 1. The van der Waals surface area contributed by atoms with E-state index in [1.165, 1.54) is 0 Å². The average Bonchev–Trinajstić information content (AvgIpc) is 2.27. The lowest BCUT2D eigenvalue weighted by Gasteiger charge is -2.29. The maximum atomic E-state index is 10.9. The van der Waals surface area contributed by atoms with Crippen molar-refractivity contribution in [2.75, 3.05) is 13.1 Å². The zero-order valence-electron chi connectivity index (χ0n) is 10.8. The molecule has 0 amide bonds. The van der Waals surface area contributed by atoms with E-state index in [2.05, 4.69) is 20.8 Å². The molecule has 0 fully saturated rings. The molecule has 0 aliphatic carbocycles. The summed E-state index contributed by atoms with van der Waals surface area (Å²) in [5, 5.41) is 8.95. The molecule has 0 saturated carbocycles. The van der Waals surface area contributed by atoms with Crippen LogP contribution in [0, 0.1) is 5.92 Å². The van der Waals surface area contributed by atoms with Crippen LogP contribution in [0.15, 0.2) is 30.3 Å². The predicted molar refractivity (Wildman–Crippen MR) is 68.9 cm³/mol. The molecule has 94 valence electrons. The van der Waals surface area contributed by atoms with Gasteiger partial charge >= 0.3 is 5.97 Å². The van der Waals surface area contributed by atoms with Gasteiger partial charge in [0.1, 0.15) is 0 Å². The number of hydrogen-bond acceptors (Lipinski definition) is 2. The second kappa shape index (κ2) is 6.40. The van der Waals surface area contributed by atoms with Crippen molar-refractivity contribution in [1.29, 1.82) is 0 Å². The maximum absolute atomic E-state index is 10.9. The Morgan fingerprint density at radius 3 is 2.29 bits per heavy atom. The first kappa shape index (κ1) is 13.7. The predicted octanol–water partition coefficient (Wildman–Crippen LogP) is 2.79. The quantitative estimate of drug-likeness (QED) is 0.824. The van der Waals surface area contributed by atoms with E-state index >= 15 is 0 Å². The smallest absolute Gasteiger partial charge is 0.317 e. The fourth-order valence-corrected chi connectivity index (χ4v) is 1.94. The van der Waals surface area contributed by atoms with E-state index in [1.807, 2.05) is 35.2 Å². The molecular weight excluding hydrogens is 214 g/mol. The third-order valence-corrected chi connectivity index (χ3v) is 2.77. The number of carboxylic acid groups (broad SMARTS) is 1. The van der Waals surface area contributed by atoms with E-state index in [9.17, 15) is 4.79 Å². The van der Waals surface area contributed by atoms with Crippen molar-refractivity contribution in [2.24, 2.45) is 5.92 Å². The molecule has 0 bridgehead atoms. The van der Waals surface area contributed by atoms with Crippen LogP contribution < -0.4 is 0 Å². The first-order chi connectivity index (χ1) is 8.00. The van der Waals surface area contributed by atoms with Gasteiger partial charge in [0, 0.05) is 12.6 Å². The van der Waals surface area contributed by atoms with E-state index < -0.39 is 5.97 Å². The molecule has 0 aliphatic heterocycles. The van der Waals surface area contributed by atoms with Crippen molar-refractivity contribution in [3.63, 3.8) is 0 Å². The molecule has 0 spiro atoms. The highest BCUT2D eigenvalue weighted by Gasteiger charge is 2.19. The molecule has 0 radical (unpaired) electrons. The van der Waals surface area contributed by atoms with Gasteiger partial charge in [0.15, 0.2) is 0 Å². The number of nitrogens with zero attached hydrogens (tertiary/aromatic N) is 1. The van der Waals surface area contributed by atoms with Gasteiger partial charge in [-0.1, -0.05) is 44.2 Å². The molecule has 1 aromatic carbocycles. The summed E-state index contributed by atoms with van der Waals surface area (Å²) in [6.45, 7) is 7.15. The van der Waals surface area contributed by atoms with Gasteiger partial charge in [0.2, 0.25) is 0 Å². The molecule has 0 aromatic heterocycles. The maximum Gasteiger partial charge on any atom is 0.317 e. The van der Waals surface area contributed by atoms with Crippen LogP contribution in [0.25, 0.3) is 0 Å². The minimum atomic E-state index is -0.770. The number of carbonyl (C=O) groups is 1. The van der Waals surface area contributed by atoms with Crippen LogP contribution >= 0.6 is 0 Å². The van der Waals surface area contributed by atoms with E-state index in [0.29, 0.717) is 5.92 Å². The van der Waals surface area contributed by atoms with E-state index in [-0.39, 0.29) is 12.6 Å². The van der Waals surface area contributed by atoms with Gasteiger partial charge in [-0.2, -0.15) is 0 Å². The Labute approximate surface area is 103 Å². The van der Waals surface area contributed by atoms with Gasteiger partial charge in [0.05, 0.1) is 6.54 Å². The number of carboxylic acids is 1. The minimum absolute atomic E-state index is 0.0915. The standard InChI is InChI=1S/C14H21NO2/c1-11(2)9-15(10-14(16)17)12(3)13-7-5-4-6-8-13/h4-8,11-12H,9-10H2,1-3H3,(H,16,17). The fraction of sp³-hybridized carbons (Fsp3) is 0.500. The molecule has 17 heavy (non-hydrogen) atoms. The van der Waals surface area contributed by atoms with Crippen LogP contribution in [-0.2, 0) is 4.79 Å². The van der Waals surface area contributed by atoms with Crippen LogP contribution in [0.2, 0.25) is 0 Å². The molecule has 1 unspecified atom stereocenters. The molecular formula is C14H21NO2. The van der Waals surface area contributed by atoms with Gasteiger partial charge in [-0.3, -0.25) is 9.69 Å². The Morgan fingerprint density at radius 1 is 1.24 bits per heavy atom. The molecule has 0 aliphatic rings. The Hall–Kier alpha value is -1.35. The second-order valence-corrected chi connectivity index (χ2v) is 4.80. The highest BCUT2D eigenvalue weighted by atomic mass is 16.4. The third kappa shape index (κ3) is 4.57. The Bertz CT molecular complexity index is 348. The molecule has 1 rings (SSSR count). The van der Waals surface area contributed by atoms with Crippen LogP contribution in [-0.4, -0.2) is 29.1 Å². The summed E-state index contributed by atoms with van der Waals surface area (Å²) in [5.41, 5.74) is 1.16. The first-order valence-electron chi connectivity index (χ1n) is 6.01. The zero-order valence-corrected chi connectivity index (χ0v) is 10.8. The Kier molecular flexibility index (Phi) is 5.16. The molecule has 1 atom stereocenters. The van der Waals surface area contributed by atoms with Crippen LogP contribution in [0.1, 0.15) is 32.4 Å². The minimum Gasteiger partial charge on any atom is -0.480 e. The lowest BCUT2D eigenvalue weighted by Crippen LogP contribution is -2.35. The normalized spacial score (nSPS) is 13.0. The van der Waals surface area contributed by atoms with Gasteiger partial charge in [-0.25, -0.2) is 0 Å². The fourth-order valence-electron chi connectivity index (χ4n) is 1.94. The van der Waals surface area contributed by atoms with Crippen LogP contribution in [0.5, 0.6) is 0 Å². The molecule has 1 N–H and O–H groups in total. The Balaban J connectivity index is 2.78. The van der Waals surface area contributed by atoms with Crippen molar-refractivity contribution in [3.05, 3.63) is 35.9 Å². The lowest BCUT2D eigenvalue weighted by atomic mass is 10.1. The van der Waals surface area contributed by atoms with Gasteiger partial charge in [0.25, 0.3) is 0 Å². The summed E-state index contributed by atoms with van der Waals surface area (Å²) in [4.78, 5) is 12.9. The molecule has 0 saturated heterocycles. The molecule has 3 nitrogen and oxygen atoms in total. The monoisotopic (exact) mass is 235 g/mol. The summed E-state index contributed by atoms with van der Waals surface area (Å²) >= 11 is 0. The topological polar surface area (TPSA) is 40.5 Å². The molecule has 1 aromatic rings. The van der Waals surface area contributed by atoms with Crippen LogP contribution in [0.4, 0.5) is 0 Å². The second-order valence-electron chi connectivity index (χ2n) is 4.80. The van der Waals surface area contributed by atoms with Crippen LogP contribution in [0.3, 0.4) is 0 Å². The van der Waals surface area contributed by atoms with Crippen molar-refractivity contribution in [3.8, 4) is 0 Å². The summed E-state index contributed by atoms with van der Waals surface area (Å²) in [7, 11) is 0. The van der Waals surface area contributed by atoms with Gasteiger partial charge in [-0.15, -0.1) is 0 Å². The number of benzene rings is 1. The SMILES string of the molecule is CC(C)CN(CC(=O)O)C(C)c1ccccc1. The van der Waals surface area contributed by atoms with Crippen molar-refractivity contribution in [1.82, 2.24) is 4.90 Å². The summed E-state index contributed by atoms with van der Waals surface area (Å²) in [6, 6.07) is 10.2. The third-order valence-electron chi connectivity index (χ3n) is 2.77. The van der Waals surface area contributed by atoms with E-state index in [4.69, 9.17) is 5.11 Å². The van der Waals surface area contributed by atoms with Gasteiger partial charge in [-0.05, 0) is 18.4 Å². The largest absolute Gasteiger partial charge is 0.480 e. The molecule has 3 heteroatoms. The highest BCUT2D eigenvalue weighted by Crippen LogP contribution is 2.20. The van der Waals surface area contributed by atoms with Crippen molar-refractivity contribution < 1.29 is 9.90 Å². The average molecular weight is 235 g/mol. The summed E-state index contributed by atoms with van der Waals surface area (Å²) in [6.07, 6.45) is 0. The van der Waals surface area contributed by atoms with E-state index in [1.54, 1.807) is 0 Å². The Morgan fingerprint density at radius 2 is 1.82 bits per heavy atom. The lowest BCUT2D eigenvalue weighted by molar-refractivity contribution is -0.139. The first-order valence-corrected chi connectivity index (χ1v) is 6.01.